The average Bonchev–Trinajstić information content (AvgIpc) is 2.02. The van der Waals surface area contributed by atoms with Crippen molar-refractivity contribution in [2.75, 3.05) is 13.1 Å². The van der Waals surface area contributed by atoms with E-state index in [2.05, 4.69) is 5.32 Å². The van der Waals surface area contributed by atoms with Crippen LogP contribution in [0.1, 0.15) is 0 Å². The minimum Gasteiger partial charge on any atom is -0.450 e. The lowest BCUT2D eigenvalue weighted by atomic mass is 11.0. The van der Waals surface area contributed by atoms with Crippen molar-refractivity contribution in [1.82, 2.24) is 5.32 Å². The molecule has 0 aromatic heterocycles. The molecule has 42 valence electrons. The molecule has 4 heteroatoms. The summed E-state index contributed by atoms with van der Waals surface area (Å²) in [5.74, 6) is 0. The summed E-state index contributed by atoms with van der Waals surface area (Å²) >= 11 is 0. The van der Waals surface area contributed by atoms with Gasteiger partial charge in [-0.15, -0.1) is 0 Å². The van der Waals surface area contributed by atoms with E-state index in [0.29, 0.717) is 0 Å². The van der Waals surface area contributed by atoms with Gasteiger partial charge in [-0.25, -0.2) is 4.79 Å². The summed E-state index contributed by atoms with van der Waals surface area (Å²) in [5.41, 5.74) is 0. The molecule has 1 heterocycles. The number of hydrogen-bond donors (Lipinski definition) is 3. The second kappa shape index (κ2) is 3.42. The van der Waals surface area contributed by atoms with E-state index >= 15 is 0 Å². The molecule has 1 saturated heterocycles. The maximum Gasteiger partial charge on any atom is 0.503 e. The molecule has 0 bridgehead atoms. The Morgan fingerprint density at radius 3 is 1.57 bits per heavy atom. The zero-order chi connectivity index (χ0) is 5.70. The largest absolute Gasteiger partial charge is 0.503 e. The van der Waals surface area contributed by atoms with Crippen LogP contribution in [0.4, 0.5) is 4.79 Å². The third-order valence-electron chi connectivity index (χ3n) is 0.250. The van der Waals surface area contributed by atoms with Crippen LogP contribution in [0.2, 0.25) is 0 Å². The first-order valence-corrected chi connectivity index (χ1v) is 1.86. The Kier molecular flexibility index (Phi) is 3.04. The van der Waals surface area contributed by atoms with Crippen molar-refractivity contribution < 1.29 is 15.0 Å². The molecule has 1 fully saturated rings. The van der Waals surface area contributed by atoms with E-state index in [1.165, 1.54) is 13.1 Å². The van der Waals surface area contributed by atoms with Crippen molar-refractivity contribution >= 4 is 6.16 Å². The fourth-order valence-corrected chi connectivity index (χ4v) is 0. The third-order valence-corrected chi connectivity index (χ3v) is 0.250. The summed E-state index contributed by atoms with van der Waals surface area (Å²) in [5, 5.41) is 16.9. The molecule has 0 saturated carbocycles. The van der Waals surface area contributed by atoms with Crippen LogP contribution in [0.15, 0.2) is 0 Å². The van der Waals surface area contributed by atoms with Crippen molar-refractivity contribution in [1.29, 1.82) is 0 Å². The lowest BCUT2D eigenvalue weighted by molar-refractivity contribution is 0.137. The van der Waals surface area contributed by atoms with Crippen LogP contribution >= 0.6 is 0 Å². The van der Waals surface area contributed by atoms with E-state index in [1.54, 1.807) is 0 Å². The summed E-state index contributed by atoms with van der Waals surface area (Å²) in [6.07, 6.45) is -1.83. The minimum absolute atomic E-state index is 1.25. The SMILES string of the molecule is C1CN1.O=C(O)O. The van der Waals surface area contributed by atoms with E-state index in [9.17, 15) is 0 Å². The molecular weight excluding hydrogens is 98.0 g/mol. The zero-order valence-electron chi connectivity index (χ0n) is 3.72. The van der Waals surface area contributed by atoms with Gasteiger partial charge in [0, 0.05) is 13.1 Å². The number of nitrogens with one attached hydrogen (secondary N) is 1. The van der Waals surface area contributed by atoms with Crippen LogP contribution < -0.4 is 5.32 Å². The standard InChI is InChI=1S/C2H5N.CH2O3/c1-2-3-1;2-1(3)4/h3H,1-2H2;(H2,2,3,4). The Hall–Kier alpha value is -0.770. The van der Waals surface area contributed by atoms with Gasteiger partial charge in [-0.3, -0.25) is 0 Å². The van der Waals surface area contributed by atoms with Gasteiger partial charge in [-0.2, -0.15) is 0 Å². The molecule has 1 aliphatic rings. The summed E-state index contributed by atoms with van der Waals surface area (Å²) in [4.78, 5) is 8.56. The summed E-state index contributed by atoms with van der Waals surface area (Å²) < 4.78 is 0. The molecular formula is C3H7NO3. The van der Waals surface area contributed by atoms with Crippen molar-refractivity contribution in [3.05, 3.63) is 0 Å². The van der Waals surface area contributed by atoms with E-state index in [4.69, 9.17) is 15.0 Å². The number of rotatable bonds is 0. The van der Waals surface area contributed by atoms with E-state index < -0.39 is 6.16 Å². The lowest BCUT2D eigenvalue weighted by Gasteiger charge is -1.60. The molecule has 0 amide bonds. The Morgan fingerprint density at radius 1 is 1.43 bits per heavy atom. The topological polar surface area (TPSA) is 79.5 Å². The molecule has 0 aromatic rings. The Balaban J connectivity index is 0.000000105. The quantitative estimate of drug-likeness (QED) is 0.373. The average molecular weight is 105 g/mol. The molecule has 0 unspecified atom stereocenters. The molecule has 0 radical (unpaired) electrons. The van der Waals surface area contributed by atoms with Gasteiger partial charge >= 0.3 is 6.16 Å². The van der Waals surface area contributed by atoms with Crippen LogP contribution in [-0.4, -0.2) is 29.5 Å². The summed E-state index contributed by atoms with van der Waals surface area (Å²) in [7, 11) is 0. The van der Waals surface area contributed by atoms with Gasteiger partial charge < -0.3 is 15.5 Å². The van der Waals surface area contributed by atoms with Gasteiger partial charge in [0.15, 0.2) is 0 Å². The second-order valence-corrected chi connectivity index (χ2v) is 1.03. The van der Waals surface area contributed by atoms with Gasteiger partial charge in [0.1, 0.15) is 0 Å². The van der Waals surface area contributed by atoms with Gasteiger partial charge in [-0.05, 0) is 0 Å². The molecule has 0 spiro atoms. The highest BCUT2D eigenvalue weighted by atomic mass is 16.6. The van der Waals surface area contributed by atoms with Crippen LogP contribution in [0.5, 0.6) is 0 Å². The number of hydrogen-bond acceptors (Lipinski definition) is 2. The smallest absolute Gasteiger partial charge is 0.450 e. The van der Waals surface area contributed by atoms with Crippen LogP contribution in [0.3, 0.4) is 0 Å². The monoisotopic (exact) mass is 105 g/mol. The van der Waals surface area contributed by atoms with Crippen LogP contribution in [0, 0.1) is 0 Å². The Labute approximate surface area is 40.8 Å². The molecule has 1 rings (SSSR count). The Bertz CT molecular complexity index is 54.4. The van der Waals surface area contributed by atoms with Crippen molar-refractivity contribution in [2.24, 2.45) is 0 Å². The summed E-state index contributed by atoms with van der Waals surface area (Å²) in [6.45, 7) is 2.50. The van der Waals surface area contributed by atoms with Gasteiger partial charge in [0.2, 0.25) is 0 Å². The van der Waals surface area contributed by atoms with Crippen molar-refractivity contribution in [3.63, 3.8) is 0 Å². The zero-order valence-corrected chi connectivity index (χ0v) is 3.72. The third kappa shape index (κ3) is 1030. The molecule has 3 N–H and O–H groups in total. The molecule has 0 atom stereocenters. The van der Waals surface area contributed by atoms with E-state index in [0.717, 1.165) is 0 Å². The predicted molar refractivity (Wildman–Crippen MR) is 23.5 cm³/mol. The minimum atomic E-state index is -1.83. The first-order chi connectivity index (χ1) is 3.23. The fourth-order valence-electron chi connectivity index (χ4n) is 0. The van der Waals surface area contributed by atoms with Gasteiger partial charge in [-0.1, -0.05) is 0 Å². The number of carbonyl (C=O) groups is 1. The molecule has 0 aromatic carbocycles. The molecule has 1 aliphatic heterocycles. The van der Waals surface area contributed by atoms with Crippen LogP contribution in [-0.2, 0) is 0 Å². The van der Waals surface area contributed by atoms with Crippen LogP contribution in [0.25, 0.3) is 0 Å². The predicted octanol–water partition coefficient (Wildman–Crippen LogP) is -0.188. The summed E-state index contributed by atoms with van der Waals surface area (Å²) in [6, 6.07) is 0. The second-order valence-electron chi connectivity index (χ2n) is 1.03. The van der Waals surface area contributed by atoms with Gasteiger partial charge in [0.25, 0.3) is 0 Å². The van der Waals surface area contributed by atoms with Gasteiger partial charge in [0.05, 0.1) is 0 Å². The van der Waals surface area contributed by atoms with Crippen molar-refractivity contribution in [2.45, 2.75) is 0 Å². The highest BCUT2D eigenvalue weighted by Gasteiger charge is 1.91. The van der Waals surface area contributed by atoms with Crippen molar-refractivity contribution in [3.8, 4) is 0 Å². The van der Waals surface area contributed by atoms with E-state index in [1.807, 2.05) is 0 Å². The fraction of sp³-hybridized carbons (Fsp3) is 0.667. The normalized spacial score (nSPS) is 13.7. The number of carboxylic acid groups (broad SMARTS) is 2. The maximum absolute atomic E-state index is 8.56. The molecule has 4 nitrogen and oxygen atoms in total. The Morgan fingerprint density at radius 2 is 1.57 bits per heavy atom. The molecule has 7 heavy (non-hydrogen) atoms. The lowest BCUT2D eigenvalue weighted by Crippen LogP contribution is -1.81. The first kappa shape index (κ1) is 6.23. The highest BCUT2D eigenvalue weighted by Crippen LogP contribution is 1.65. The first-order valence-electron chi connectivity index (χ1n) is 1.86. The highest BCUT2D eigenvalue weighted by molar-refractivity contribution is 5.53. The van der Waals surface area contributed by atoms with E-state index in [-0.39, 0.29) is 0 Å². The molecule has 0 aliphatic carbocycles. The maximum atomic E-state index is 8.56.